The zero-order valence-electron chi connectivity index (χ0n) is 10.3. The van der Waals surface area contributed by atoms with E-state index in [2.05, 4.69) is 20.6 Å². The summed E-state index contributed by atoms with van der Waals surface area (Å²) in [5, 5.41) is 16.8. The van der Waals surface area contributed by atoms with E-state index in [1.807, 2.05) is 6.92 Å². The average Bonchev–Trinajstić information content (AvgIpc) is 2.89. The Kier molecular flexibility index (Phi) is 3.91. The largest absolute Gasteiger partial charge is 0.472 e. The molecule has 0 aliphatic carbocycles. The number of rotatable bonds is 6. The van der Waals surface area contributed by atoms with E-state index in [-0.39, 0.29) is 17.3 Å². The van der Waals surface area contributed by atoms with E-state index in [1.165, 1.54) is 12.6 Å². The smallest absolute Gasteiger partial charge is 0.353 e. The van der Waals surface area contributed by atoms with Crippen LogP contribution in [-0.4, -0.2) is 21.4 Å². The van der Waals surface area contributed by atoms with Gasteiger partial charge >= 0.3 is 5.69 Å². The molecule has 0 bridgehead atoms. The molecule has 0 aliphatic heterocycles. The molecular weight excluding hydrogens is 250 g/mol. The third-order valence-corrected chi connectivity index (χ3v) is 2.39. The minimum Gasteiger partial charge on any atom is -0.472 e. The zero-order valence-corrected chi connectivity index (χ0v) is 10.3. The van der Waals surface area contributed by atoms with Gasteiger partial charge in [-0.3, -0.25) is 10.1 Å². The van der Waals surface area contributed by atoms with Crippen LogP contribution in [0.2, 0.25) is 0 Å². The second kappa shape index (κ2) is 5.80. The maximum Gasteiger partial charge on any atom is 0.353 e. The van der Waals surface area contributed by atoms with Gasteiger partial charge in [0.25, 0.3) is 0 Å². The Bertz CT molecular complexity index is 555. The first-order chi connectivity index (χ1) is 9.22. The number of hydrogen-bond donors (Lipinski definition) is 2. The van der Waals surface area contributed by atoms with Gasteiger partial charge in [-0.15, -0.1) is 0 Å². The van der Waals surface area contributed by atoms with Crippen LogP contribution in [0.4, 0.5) is 17.3 Å². The molecule has 0 spiro atoms. The first-order valence-electron chi connectivity index (χ1n) is 5.70. The molecule has 0 saturated heterocycles. The molecule has 8 heteroatoms. The van der Waals surface area contributed by atoms with Crippen LogP contribution in [0.5, 0.6) is 0 Å². The lowest BCUT2D eigenvalue weighted by molar-refractivity contribution is -0.383. The van der Waals surface area contributed by atoms with Gasteiger partial charge in [0.15, 0.2) is 0 Å². The van der Waals surface area contributed by atoms with Crippen LogP contribution in [0, 0.1) is 10.1 Å². The highest BCUT2D eigenvalue weighted by Gasteiger charge is 2.22. The first-order valence-corrected chi connectivity index (χ1v) is 5.70. The topological polar surface area (TPSA) is 106 Å². The molecule has 0 fully saturated rings. The average molecular weight is 263 g/mol. The molecule has 0 radical (unpaired) electrons. The first kappa shape index (κ1) is 12.8. The number of aromatic nitrogens is 2. The fourth-order valence-electron chi connectivity index (χ4n) is 1.56. The van der Waals surface area contributed by atoms with Crippen LogP contribution in [0.15, 0.2) is 29.3 Å². The molecule has 2 heterocycles. The van der Waals surface area contributed by atoms with Gasteiger partial charge < -0.3 is 15.1 Å². The lowest BCUT2D eigenvalue weighted by Gasteiger charge is -2.08. The molecule has 2 N–H and O–H groups in total. The van der Waals surface area contributed by atoms with Gasteiger partial charge in [-0.1, -0.05) is 0 Å². The van der Waals surface area contributed by atoms with E-state index in [1.54, 1.807) is 12.3 Å². The van der Waals surface area contributed by atoms with Crippen molar-refractivity contribution in [3.63, 3.8) is 0 Å². The maximum absolute atomic E-state index is 11.1. The molecule has 0 amide bonds. The van der Waals surface area contributed by atoms with E-state index in [4.69, 9.17) is 4.42 Å². The molecule has 0 aliphatic rings. The summed E-state index contributed by atoms with van der Waals surface area (Å²) < 4.78 is 4.92. The normalized spacial score (nSPS) is 10.2. The minimum absolute atomic E-state index is 0.159. The molecule has 2 rings (SSSR count). The monoisotopic (exact) mass is 263 g/mol. The predicted molar refractivity (Wildman–Crippen MR) is 68.9 cm³/mol. The Morgan fingerprint density at radius 2 is 2.11 bits per heavy atom. The number of nitrogens with one attached hydrogen (secondary N) is 2. The fraction of sp³-hybridized carbons (Fsp3) is 0.273. The molecule has 8 nitrogen and oxygen atoms in total. The number of nitrogens with zero attached hydrogens (tertiary/aromatic N) is 3. The van der Waals surface area contributed by atoms with Crippen molar-refractivity contribution in [3.05, 3.63) is 40.6 Å². The summed E-state index contributed by atoms with van der Waals surface area (Å²) in [5.41, 5.74) is 0.714. The van der Waals surface area contributed by atoms with Crippen molar-refractivity contribution in [2.45, 2.75) is 13.5 Å². The molecule has 0 unspecified atom stereocenters. The van der Waals surface area contributed by atoms with E-state index in [0.29, 0.717) is 13.1 Å². The van der Waals surface area contributed by atoms with Gasteiger partial charge in [-0.2, -0.15) is 0 Å². The molecule has 0 aromatic carbocycles. The predicted octanol–water partition coefficient (Wildman–Crippen LogP) is 2.02. The van der Waals surface area contributed by atoms with E-state index < -0.39 is 4.92 Å². The molecule has 2 aromatic heterocycles. The summed E-state index contributed by atoms with van der Waals surface area (Å²) >= 11 is 0. The molecule has 0 saturated carbocycles. The Balaban J connectivity index is 2.23. The van der Waals surface area contributed by atoms with Gasteiger partial charge in [0.2, 0.25) is 11.6 Å². The van der Waals surface area contributed by atoms with Crippen molar-refractivity contribution in [1.82, 2.24) is 9.97 Å². The molecule has 19 heavy (non-hydrogen) atoms. The number of furan rings is 1. The summed E-state index contributed by atoms with van der Waals surface area (Å²) in [5.74, 6) is 0.384. The lowest BCUT2D eigenvalue weighted by Crippen LogP contribution is -2.09. The fourth-order valence-corrected chi connectivity index (χ4v) is 1.56. The molecule has 0 atom stereocenters. The van der Waals surface area contributed by atoms with E-state index in [0.717, 1.165) is 5.56 Å². The third kappa shape index (κ3) is 2.97. The summed E-state index contributed by atoms with van der Waals surface area (Å²) in [7, 11) is 0. The van der Waals surface area contributed by atoms with Crippen LogP contribution in [0.3, 0.4) is 0 Å². The van der Waals surface area contributed by atoms with Crippen LogP contribution < -0.4 is 10.6 Å². The quantitative estimate of drug-likeness (QED) is 0.606. The van der Waals surface area contributed by atoms with Gasteiger partial charge in [-0.25, -0.2) is 9.97 Å². The van der Waals surface area contributed by atoms with Crippen molar-refractivity contribution in [2.75, 3.05) is 17.2 Å². The standard InChI is InChI=1S/C11H13N5O3/c1-2-12-10-9(16(17)18)11(15-7-14-10)13-5-8-3-4-19-6-8/h3-4,6-7H,2,5H2,1H3,(H2,12,13,14,15). The lowest BCUT2D eigenvalue weighted by atomic mass is 10.3. The Morgan fingerprint density at radius 1 is 1.37 bits per heavy atom. The van der Waals surface area contributed by atoms with Crippen molar-refractivity contribution >= 4 is 17.3 Å². The molecular formula is C11H13N5O3. The Hall–Kier alpha value is -2.64. The van der Waals surface area contributed by atoms with Crippen molar-refractivity contribution < 1.29 is 9.34 Å². The van der Waals surface area contributed by atoms with Crippen molar-refractivity contribution in [3.8, 4) is 0 Å². The number of hydrogen-bond acceptors (Lipinski definition) is 7. The van der Waals surface area contributed by atoms with Gasteiger partial charge in [-0.05, 0) is 13.0 Å². The van der Waals surface area contributed by atoms with Crippen LogP contribution in [0.25, 0.3) is 0 Å². The Morgan fingerprint density at radius 3 is 2.68 bits per heavy atom. The van der Waals surface area contributed by atoms with Gasteiger partial charge in [0.1, 0.15) is 6.33 Å². The Labute approximate surface area is 109 Å². The number of nitro groups is 1. The van der Waals surface area contributed by atoms with Crippen LogP contribution in [-0.2, 0) is 6.54 Å². The van der Waals surface area contributed by atoms with Crippen molar-refractivity contribution in [2.24, 2.45) is 0 Å². The van der Waals surface area contributed by atoms with E-state index in [9.17, 15) is 10.1 Å². The summed E-state index contributed by atoms with van der Waals surface area (Å²) in [6.07, 6.45) is 4.38. The summed E-state index contributed by atoms with van der Waals surface area (Å²) in [6, 6.07) is 1.77. The molecule has 2 aromatic rings. The van der Waals surface area contributed by atoms with Gasteiger partial charge in [0, 0.05) is 18.7 Å². The minimum atomic E-state index is -0.504. The highest BCUT2D eigenvalue weighted by Crippen LogP contribution is 2.28. The van der Waals surface area contributed by atoms with Crippen LogP contribution >= 0.6 is 0 Å². The van der Waals surface area contributed by atoms with Crippen molar-refractivity contribution in [1.29, 1.82) is 0 Å². The second-order valence-corrected chi connectivity index (χ2v) is 3.69. The molecule has 100 valence electrons. The highest BCUT2D eigenvalue weighted by atomic mass is 16.6. The maximum atomic E-state index is 11.1. The SMILES string of the molecule is CCNc1ncnc(NCc2ccoc2)c1[N+](=O)[O-]. The van der Waals surface area contributed by atoms with Crippen LogP contribution in [0.1, 0.15) is 12.5 Å². The summed E-state index contributed by atoms with van der Waals surface area (Å²) in [4.78, 5) is 18.4. The zero-order chi connectivity index (χ0) is 13.7. The highest BCUT2D eigenvalue weighted by molar-refractivity contribution is 5.69. The third-order valence-electron chi connectivity index (χ3n) is 2.39. The summed E-state index contributed by atoms with van der Waals surface area (Å²) in [6.45, 7) is 2.77. The van der Waals surface area contributed by atoms with Gasteiger partial charge in [0.05, 0.1) is 17.4 Å². The number of anilines is 2. The second-order valence-electron chi connectivity index (χ2n) is 3.69. The van der Waals surface area contributed by atoms with E-state index >= 15 is 0 Å².